The predicted molar refractivity (Wildman–Crippen MR) is 48.5 cm³/mol. The monoisotopic (exact) mass is 226 g/mol. The summed E-state index contributed by atoms with van der Waals surface area (Å²) in [6.07, 6.45) is -2.69. The molecule has 1 heterocycles. The van der Waals surface area contributed by atoms with Gasteiger partial charge in [0.05, 0.1) is 13.2 Å². The van der Waals surface area contributed by atoms with Crippen LogP contribution in [0.4, 0.5) is 0 Å². The molecular formula is C8H18O7. The van der Waals surface area contributed by atoms with Crippen LogP contribution in [0.25, 0.3) is 0 Å². The topological polar surface area (TPSA) is 131 Å². The molecule has 7 heteroatoms. The highest BCUT2D eigenvalue weighted by atomic mass is 16.7. The van der Waals surface area contributed by atoms with Gasteiger partial charge in [0.25, 0.3) is 0 Å². The van der Waals surface area contributed by atoms with Crippen LogP contribution in [-0.2, 0) is 4.74 Å². The highest BCUT2D eigenvalue weighted by molar-refractivity contribution is 4.71. The molecule has 0 saturated carbocycles. The van der Waals surface area contributed by atoms with Crippen molar-refractivity contribution in [3.8, 4) is 0 Å². The average molecular weight is 226 g/mol. The Balaban J connectivity index is 0.000000262. The van der Waals surface area contributed by atoms with E-state index in [0.717, 1.165) is 0 Å². The smallest absolute Gasteiger partial charge is 0.302 e. The maximum atomic E-state index is 8.62. The number of hydrogen-bond donors (Lipinski definition) is 6. The normalized spacial score (nSPS) is 28.2. The SMILES string of the molecule is CCC(O)C(O)(O)O.OC1COCC1O. The van der Waals surface area contributed by atoms with E-state index in [1.807, 2.05) is 0 Å². The Morgan fingerprint density at radius 1 is 1.20 bits per heavy atom. The van der Waals surface area contributed by atoms with Crippen molar-refractivity contribution in [2.45, 2.75) is 37.6 Å². The summed E-state index contributed by atoms with van der Waals surface area (Å²) in [7, 11) is 0. The summed E-state index contributed by atoms with van der Waals surface area (Å²) in [4.78, 5) is 0. The first-order valence-corrected chi connectivity index (χ1v) is 4.58. The Hall–Kier alpha value is -0.280. The molecule has 0 aromatic carbocycles. The van der Waals surface area contributed by atoms with Gasteiger partial charge in [-0.15, -0.1) is 0 Å². The quantitative estimate of drug-likeness (QED) is 0.279. The van der Waals surface area contributed by atoms with Crippen LogP contribution in [0.3, 0.4) is 0 Å². The van der Waals surface area contributed by atoms with Crippen molar-refractivity contribution in [3.05, 3.63) is 0 Å². The first kappa shape index (κ1) is 14.7. The van der Waals surface area contributed by atoms with E-state index in [4.69, 9.17) is 30.6 Å². The van der Waals surface area contributed by atoms with Crippen molar-refractivity contribution < 1.29 is 35.4 Å². The molecule has 0 aliphatic carbocycles. The van der Waals surface area contributed by atoms with Crippen LogP contribution in [0.15, 0.2) is 0 Å². The molecule has 3 atom stereocenters. The molecule has 1 aliphatic heterocycles. The van der Waals surface area contributed by atoms with Crippen LogP contribution < -0.4 is 0 Å². The van der Waals surface area contributed by atoms with E-state index in [1.54, 1.807) is 0 Å². The molecule has 0 amide bonds. The summed E-state index contributed by atoms with van der Waals surface area (Å²) in [5.41, 5.74) is 0. The molecule has 15 heavy (non-hydrogen) atoms. The molecule has 1 rings (SSSR count). The second kappa shape index (κ2) is 6.33. The molecule has 6 N–H and O–H groups in total. The average Bonchev–Trinajstić information content (AvgIpc) is 2.49. The number of rotatable bonds is 2. The summed E-state index contributed by atoms with van der Waals surface area (Å²) >= 11 is 0. The molecule has 3 unspecified atom stereocenters. The van der Waals surface area contributed by atoms with Gasteiger partial charge in [0.1, 0.15) is 18.3 Å². The number of hydrogen-bond acceptors (Lipinski definition) is 7. The lowest BCUT2D eigenvalue weighted by Crippen LogP contribution is -2.41. The molecular weight excluding hydrogens is 208 g/mol. The Morgan fingerprint density at radius 3 is 1.67 bits per heavy atom. The largest absolute Gasteiger partial charge is 0.388 e. The third-order valence-corrected chi connectivity index (χ3v) is 1.86. The van der Waals surface area contributed by atoms with E-state index in [0.29, 0.717) is 0 Å². The molecule has 1 aliphatic rings. The zero-order valence-corrected chi connectivity index (χ0v) is 8.44. The van der Waals surface area contributed by atoms with Gasteiger partial charge in [0.15, 0.2) is 0 Å². The lowest BCUT2D eigenvalue weighted by atomic mass is 10.2. The van der Waals surface area contributed by atoms with Crippen LogP contribution in [0.2, 0.25) is 0 Å². The number of ether oxygens (including phenoxy) is 1. The maximum absolute atomic E-state index is 8.62. The third kappa shape index (κ3) is 6.00. The zero-order valence-electron chi connectivity index (χ0n) is 8.44. The van der Waals surface area contributed by atoms with Gasteiger partial charge in [0, 0.05) is 0 Å². The molecule has 1 saturated heterocycles. The van der Waals surface area contributed by atoms with Gasteiger partial charge < -0.3 is 35.4 Å². The van der Waals surface area contributed by atoms with Crippen molar-refractivity contribution in [1.29, 1.82) is 0 Å². The lowest BCUT2D eigenvalue weighted by molar-refractivity contribution is -0.354. The standard InChI is InChI=1S/C4H10O4.C4H8O3/c1-2-3(5)4(6,7)8;5-3-1-7-2-4(3)6/h3,5-8H,2H2,1H3;3-6H,1-2H2. The second-order valence-corrected chi connectivity index (χ2v) is 3.28. The lowest BCUT2D eigenvalue weighted by Gasteiger charge is -2.18. The third-order valence-electron chi connectivity index (χ3n) is 1.86. The zero-order chi connectivity index (χ0) is 12.1. The summed E-state index contributed by atoms with van der Waals surface area (Å²) in [5, 5.41) is 50.1. The molecule has 0 aromatic heterocycles. The Kier molecular flexibility index (Phi) is 6.22. The molecule has 0 spiro atoms. The summed E-state index contributed by atoms with van der Waals surface area (Å²) in [6.45, 7) is 2.07. The minimum Gasteiger partial charge on any atom is -0.388 e. The summed E-state index contributed by atoms with van der Waals surface area (Å²) in [6, 6.07) is 0. The van der Waals surface area contributed by atoms with Crippen LogP contribution in [0.5, 0.6) is 0 Å². The van der Waals surface area contributed by atoms with Crippen LogP contribution >= 0.6 is 0 Å². The van der Waals surface area contributed by atoms with Gasteiger partial charge in [-0.1, -0.05) is 6.92 Å². The van der Waals surface area contributed by atoms with Gasteiger partial charge in [0.2, 0.25) is 0 Å². The van der Waals surface area contributed by atoms with Gasteiger partial charge in [-0.3, -0.25) is 0 Å². The fourth-order valence-corrected chi connectivity index (χ4v) is 0.806. The molecule has 0 aromatic rings. The molecule has 0 bridgehead atoms. The minimum absolute atomic E-state index is 0.101. The summed E-state index contributed by atoms with van der Waals surface area (Å²) < 4.78 is 4.67. The van der Waals surface area contributed by atoms with E-state index < -0.39 is 24.3 Å². The first-order chi connectivity index (χ1) is 6.79. The van der Waals surface area contributed by atoms with Crippen molar-refractivity contribution in [1.82, 2.24) is 0 Å². The van der Waals surface area contributed by atoms with Gasteiger partial charge in [-0.05, 0) is 6.42 Å². The number of aliphatic hydroxyl groups excluding tert-OH is 3. The fraction of sp³-hybridized carbons (Fsp3) is 1.00. The minimum atomic E-state index is -2.94. The summed E-state index contributed by atoms with van der Waals surface area (Å²) in [5.74, 6) is -2.94. The predicted octanol–water partition coefficient (Wildman–Crippen LogP) is -2.87. The van der Waals surface area contributed by atoms with Crippen molar-refractivity contribution >= 4 is 0 Å². The van der Waals surface area contributed by atoms with Crippen LogP contribution in [0, 0.1) is 0 Å². The van der Waals surface area contributed by atoms with E-state index >= 15 is 0 Å². The highest BCUT2D eigenvalue weighted by Gasteiger charge is 2.27. The Labute approximate surface area is 87.2 Å². The van der Waals surface area contributed by atoms with Gasteiger partial charge >= 0.3 is 5.97 Å². The van der Waals surface area contributed by atoms with Crippen molar-refractivity contribution in [2.24, 2.45) is 0 Å². The van der Waals surface area contributed by atoms with E-state index in [-0.39, 0.29) is 19.6 Å². The molecule has 0 radical (unpaired) electrons. The first-order valence-electron chi connectivity index (χ1n) is 4.58. The van der Waals surface area contributed by atoms with Crippen molar-refractivity contribution in [2.75, 3.05) is 13.2 Å². The Morgan fingerprint density at radius 2 is 1.60 bits per heavy atom. The van der Waals surface area contributed by atoms with Crippen LogP contribution in [0.1, 0.15) is 13.3 Å². The van der Waals surface area contributed by atoms with E-state index in [2.05, 4.69) is 4.74 Å². The fourth-order valence-electron chi connectivity index (χ4n) is 0.806. The van der Waals surface area contributed by atoms with E-state index in [9.17, 15) is 0 Å². The van der Waals surface area contributed by atoms with Gasteiger partial charge in [-0.2, -0.15) is 0 Å². The van der Waals surface area contributed by atoms with Crippen molar-refractivity contribution in [3.63, 3.8) is 0 Å². The second-order valence-electron chi connectivity index (χ2n) is 3.28. The maximum Gasteiger partial charge on any atom is 0.302 e. The molecule has 7 nitrogen and oxygen atoms in total. The highest BCUT2D eigenvalue weighted by Crippen LogP contribution is 2.04. The van der Waals surface area contributed by atoms with Gasteiger partial charge in [-0.25, -0.2) is 0 Å². The van der Waals surface area contributed by atoms with E-state index in [1.165, 1.54) is 6.92 Å². The number of aliphatic hydroxyl groups is 6. The molecule has 92 valence electrons. The molecule has 1 fully saturated rings. The van der Waals surface area contributed by atoms with Crippen LogP contribution in [-0.4, -0.2) is 68.1 Å². The Bertz CT molecular complexity index is 159.